The van der Waals surface area contributed by atoms with Crippen molar-refractivity contribution in [2.45, 2.75) is 19.8 Å². The van der Waals surface area contributed by atoms with Crippen LogP contribution in [0.15, 0.2) is 48.5 Å². The highest BCUT2D eigenvalue weighted by molar-refractivity contribution is 6.05. The number of hydrogen-bond donors (Lipinski definition) is 3. The van der Waals surface area contributed by atoms with Gasteiger partial charge in [-0.25, -0.2) is 0 Å². The smallest absolute Gasteiger partial charge is 0.255 e. The second kappa shape index (κ2) is 7.15. The Morgan fingerprint density at radius 1 is 1.11 bits per heavy atom. The summed E-state index contributed by atoms with van der Waals surface area (Å²) in [5, 5.41) is 19.6. The lowest BCUT2D eigenvalue weighted by Gasteiger charge is -2.21. The van der Waals surface area contributed by atoms with Crippen molar-refractivity contribution in [1.29, 1.82) is 0 Å². The van der Waals surface area contributed by atoms with Crippen molar-refractivity contribution in [3.63, 3.8) is 0 Å². The number of carbonyl (C=O) groups is 1. The van der Waals surface area contributed by atoms with Gasteiger partial charge in [-0.1, -0.05) is 0 Å². The Kier molecular flexibility index (Phi) is 4.54. The van der Waals surface area contributed by atoms with Crippen LogP contribution in [0.3, 0.4) is 0 Å². The quantitative estimate of drug-likeness (QED) is 0.614. The van der Waals surface area contributed by atoms with E-state index in [2.05, 4.69) is 20.4 Å². The van der Waals surface area contributed by atoms with Crippen LogP contribution in [0.25, 0.3) is 11.3 Å². The lowest BCUT2D eigenvalue weighted by molar-refractivity contribution is 0.102. The molecular formula is C21H22N4O2. The molecule has 1 aromatic heterocycles. The van der Waals surface area contributed by atoms with E-state index in [0.29, 0.717) is 11.3 Å². The molecule has 0 aliphatic carbocycles. The number of aromatic nitrogens is 2. The zero-order chi connectivity index (χ0) is 18.8. The average Bonchev–Trinajstić information content (AvgIpc) is 3.35. The molecule has 1 saturated heterocycles. The third kappa shape index (κ3) is 3.65. The summed E-state index contributed by atoms with van der Waals surface area (Å²) >= 11 is 0. The Morgan fingerprint density at radius 3 is 2.52 bits per heavy atom. The molecule has 27 heavy (non-hydrogen) atoms. The molecule has 1 fully saturated rings. The summed E-state index contributed by atoms with van der Waals surface area (Å²) in [6.45, 7) is 4.01. The Labute approximate surface area is 157 Å². The summed E-state index contributed by atoms with van der Waals surface area (Å²) in [6.07, 6.45) is 2.37. The van der Waals surface area contributed by atoms with E-state index >= 15 is 0 Å². The van der Waals surface area contributed by atoms with Crippen LogP contribution in [0.4, 0.5) is 11.4 Å². The maximum Gasteiger partial charge on any atom is 0.255 e. The SMILES string of the molecule is Cc1cc(-c2cc(C(=O)Nc3ccc(O)cc3)ccc2N2CCCC2)n[nH]1. The molecule has 6 heteroatoms. The molecular weight excluding hydrogens is 340 g/mol. The largest absolute Gasteiger partial charge is 0.508 e. The molecule has 0 bridgehead atoms. The number of aryl methyl sites for hydroxylation is 1. The maximum absolute atomic E-state index is 12.7. The monoisotopic (exact) mass is 362 g/mol. The molecule has 138 valence electrons. The standard InChI is InChI=1S/C21H22N4O2/c1-14-12-19(24-23-14)18-13-15(4-9-20(18)25-10-2-3-11-25)21(27)22-16-5-7-17(26)8-6-16/h4-9,12-13,26H,2-3,10-11H2,1H3,(H,22,27)(H,23,24). The highest BCUT2D eigenvalue weighted by atomic mass is 16.3. The molecule has 0 atom stereocenters. The maximum atomic E-state index is 12.7. The summed E-state index contributed by atoms with van der Waals surface area (Å²) in [6, 6.07) is 14.2. The van der Waals surface area contributed by atoms with Gasteiger partial charge in [0.25, 0.3) is 5.91 Å². The fourth-order valence-corrected chi connectivity index (χ4v) is 3.42. The first-order chi connectivity index (χ1) is 13.1. The van der Waals surface area contributed by atoms with Gasteiger partial charge in [-0.2, -0.15) is 5.10 Å². The Balaban J connectivity index is 1.67. The highest BCUT2D eigenvalue weighted by Crippen LogP contribution is 2.33. The molecule has 1 aliphatic rings. The number of nitrogens with zero attached hydrogens (tertiary/aromatic N) is 2. The summed E-state index contributed by atoms with van der Waals surface area (Å²) in [7, 11) is 0. The molecule has 1 amide bonds. The van der Waals surface area contributed by atoms with E-state index in [1.807, 2.05) is 31.2 Å². The number of benzene rings is 2. The molecule has 1 aliphatic heterocycles. The number of aromatic amines is 1. The van der Waals surface area contributed by atoms with E-state index in [1.54, 1.807) is 24.3 Å². The van der Waals surface area contributed by atoms with Crippen LogP contribution in [0.2, 0.25) is 0 Å². The highest BCUT2D eigenvalue weighted by Gasteiger charge is 2.20. The second-order valence-corrected chi connectivity index (χ2v) is 6.86. The van der Waals surface area contributed by atoms with Crippen LogP contribution in [-0.2, 0) is 0 Å². The number of H-pyrrole nitrogens is 1. The molecule has 2 aromatic carbocycles. The van der Waals surface area contributed by atoms with Gasteiger partial charge in [0.2, 0.25) is 0 Å². The van der Waals surface area contributed by atoms with Gasteiger partial charge in [0.05, 0.1) is 5.69 Å². The van der Waals surface area contributed by atoms with Crippen molar-refractivity contribution in [3.8, 4) is 17.0 Å². The minimum absolute atomic E-state index is 0.166. The van der Waals surface area contributed by atoms with Crippen molar-refractivity contribution in [2.75, 3.05) is 23.3 Å². The van der Waals surface area contributed by atoms with E-state index < -0.39 is 0 Å². The van der Waals surface area contributed by atoms with Crippen LogP contribution in [-0.4, -0.2) is 34.3 Å². The van der Waals surface area contributed by atoms with Gasteiger partial charge in [0.1, 0.15) is 5.75 Å². The number of amides is 1. The number of carbonyl (C=O) groups excluding carboxylic acids is 1. The van der Waals surface area contributed by atoms with Crippen LogP contribution in [0.5, 0.6) is 5.75 Å². The van der Waals surface area contributed by atoms with Crippen LogP contribution >= 0.6 is 0 Å². The van der Waals surface area contributed by atoms with Gasteiger partial charge < -0.3 is 15.3 Å². The van der Waals surface area contributed by atoms with Crippen molar-refractivity contribution in [3.05, 3.63) is 59.8 Å². The molecule has 3 aromatic rings. The number of phenols is 1. The normalized spacial score (nSPS) is 13.7. The topological polar surface area (TPSA) is 81.2 Å². The van der Waals surface area contributed by atoms with E-state index in [9.17, 15) is 9.90 Å². The van der Waals surface area contributed by atoms with Crippen LogP contribution < -0.4 is 10.2 Å². The first-order valence-corrected chi connectivity index (χ1v) is 9.12. The molecule has 6 nitrogen and oxygen atoms in total. The van der Waals surface area contributed by atoms with E-state index in [1.165, 1.54) is 12.8 Å². The molecule has 0 spiro atoms. The van der Waals surface area contributed by atoms with Crippen molar-refractivity contribution < 1.29 is 9.90 Å². The Hall–Kier alpha value is -3.28. The lowest BCUT2D eigenvalue weighted by atomic mass is 10.0. The number of hydrogen-bond acceptors (Lipinski definition) is 4. The zero-order valence-corrected chi connectivity index (χ0v) is 15.2. The third-order valence-electron chi connectivity index (χ3n) is 4.81. The average molecular weight is 362 g/mol. The number of nitrogens with one attached hydrogen (secondary N) is 2. The van der Waals surface area contributed by atoms with Crippen molar-refractivity contribution in [1.82, 2.24) is 10.2 Å². The van der Waals surface area contributed by atoms with Gasteiger partial charge in [0, 0.05) is 41.3 Å². The molecule has 0 saturated carbocycles. The minimum atomic E-state index is -0.192. The van der Waals surface area contributed by atoms with Crippen LogP contribution in [0.1, 0.15) is 28.9 Å². The summed E-state index contributed by atoms with van der Waals surface area (Å²) in [5.74, 6) is -0.0266. The summed E-state index contributed by atoms with van der Waals surface area (Å²) in [4.78, 5) is 15.1. The second-order valence-electron chi connectivity index (χ2n) is 6.86. The Bertz CT molecular complexity index is 957. The van der Waals surface area contributed by atoms with Crippen molar-refractivity contribution in [2.24, 2.45) is 0 Å². The van der Waals surface area contributed by atoms with Gasteiger partial charge in [-0.3, -0.25) is 9.89 Å². The predicted molar refractivity (Wildman–Crippen MR) is 106 cm³/mol. The zero-order valence-electron chi connectivity index (χ0n) is 15.2. The molecule has 0 radical (unpaired) electrons. The van der Waals surface area contributed by atoms with Crippen molar-refractivity contribution >= 4 is 17.3 Å². The van der Waals surface area contributed by atoms with Crippen LogP contribution in [0, 0.1) is 6.92 Å². The van der Waals surface area contributed by atoms with E-state index in [-0.39, 0.29) is 11.7 Å². The molecule has 2 heterocycles. The fraction of sp³-hybridized carbons (Fsp3) is 0.238. The number of aromatic hydroxyl groups is 1. The molecule has 0 unspecified atom stereocenters. The summed E-state index contributed by atoms with van der Waals surface area (Å²) in [5.41, 5.74) is 5.10. The number of phenolic OH excluding ortho intramolecular Hbond substituents is 1. The first kappa shape index (κ1) is 17.1. The third-order valence-corrected chi connectivity index (χ3v) is 4.81. The predicted octanol–water partition coefficient (Wildman–Crippen LogP) is 3.94. The Morgan fingerprint density at radius 2 is 1.85 bits per heavy atom. The van der Waals surface area contributed by atoms with Gasteiger partial charge in [-0.05, 0) is 68.3 Å². The number of rotatable bonds is 4. The van der Waals surface area contributed by atoms with E-state index in [4.69, 9.17) is 0 Å². The fourth-order valence-electron chi connectivity index (χ4n) is 3.42. The van der Waals surface area contributed by atoms with E-state index in [0.717, 1.165) is 35.7 Å². The number of anilines is 2. The molecule has 4 rings (SSSR count). The van der Waals surface area contributed by atoms with Gasteiger partial charge >= 0.3 is 0 Å². The minimum Gasteiger partial charge on any atom is -0.508 e. The summed E-state index contributed by atoms with van der Waals surface area (Å²) < 4.78 is 0. The first-order valence-electron chi connectivity index (χ1n) is 9.12. The lowest BCUT2D eigenvalue weighted by Crippen LogP contribution is -2.19. The molecule has 3 N–H and O–H groups in total. The van der Waals surface area contributed by atoms with Gasteiger partial charge in [0.15, 0.2) is 0 Å². The van der Waals surface area contributed by atoms with Gasteiger partial charge in [-0.15, -0.1) is 0 Å².